The van der Waals surface area contributed by atoms with Gasteiger partial charge in [-0.05, 0) is 35.7 Å². The van der Waals surface area contributed by atoms with Gasteiger partial charge in [-0.2, -0.15) is 0 Å². The minimum Gasteiger partial charge on any atom is -0.340 e. The van der Waals surface area contributed by atoms with Crippen molar-refractivity contribution < 1.29 is 9.18 Å². The average Bonchev–Trinajstić information content (AvgIpc) is 2.82. The third-order valence-electron chi connectivity index (χ3n) is 3.22. The third-order valence-corrected chi connectivity index (χ3v) is 3.92. The Morgan fingerprint density at radius 1 is 1.15 bits per heavy atom. The van der Waals surface area contributed by atoms with Crippen LogP contribution >= 0.6 is 15.9 Å². The second-order valence-electron chi connectivity index (χ2n) is 4.55. The van der Waals surface area contributed by atoms with E-state index in [0.29, 0.717) is 5.56 Å². The molecule has 3 rings (SSSR count). The summed E-state index contributed by atoms with van der Waals surface area (Å²) in [7, 11) is 0. The fourth-order valence-electron chi connectivity index (χ4n) is 2.22. The molecule has 4 heteroatoms. The summed E-state index contributed by atoms with van der Waals surface area (Å²) in [5, 5.41) is 0.923. The number of ketones is 1. The predicted octanol–water partition coefficient (Wildman–Crippen LogP) is 4.43. The molecule has 1 heterocycles. The van der Waals surface area contributed by atoms with Crippen LogP contribution in [0.25, 0.3) is 10.9 Å². The molecule has 0 saturated carbocycles. The molecule has 0 N–H and O–H groups in total. The molecule has 0 unspecified atom stereocenters. The Kier molecular flexibility index (Phi) is 3.40. The van der Waals surface area contributed by atoms with Crippen molar-refractivity contribution in [3.05, 3.63) is 70.6 Å². The molecule has 0 aliphatic carbocycles. The molecule has 0 spiro atoms. The number of carbonyl (C=O) groups is 1. The van der Waals surface area contributed by atoms with Gasteiger partial charge in [0.2, 0.25) is 0 Å². The van der Waals surface area contributed by atoms with Crippen LogP contribution in [-0.4, -0.2) is 10.4 Å². The van der Waals surface area contributed by atoms with E-state index < -0.39 is 0 Å². The lowest BCUT2D eigenvalue weighted by atomic mass is 10.1. The fraction of sp³-hybridized carbons (Fsp3) is 0.0625. The SMILES string of the molecule is O=C(Cn1ccc2ccc(F)cc21)c1ccccc1Br. The quantitative estimate of drug-likeness (QED) is 0.651. The van der Waals surface area contributed by atoms with Crippen LogP contribution in [0, 0.1) is 5.82 Å². The summed E-state index contributed by atoms with van der Waals surface area (Å²) >= 11 is 3.37. The zero-order valence-corrected chi connectivity index (χ0v) is 12.1. The number of rotatable bonds is 3. The molecule has 1 aromatic heterocycles. The standard InChI is InChI=1S/C16H11BrFNO/c17-14-4-2-1-3-13(14)16(20)10-19-8-7-11-5-6-12(18)9-15(11)19/h1-9H,10H2. The van der Waals surface area contributed by atoms with Gasteiger partial charge in [0.1, 0.15) is 5.82 Å². The predicted molar refractivity (Wildman–Crippen MR) is 80.4 cm³/mol. The first-order valence-corrected chi connectivity index (χ1v) is 6.96. The molecule has 0 saturated heterocycles. The Morgan fingerprint density at radius 2 is 1.95 bits per heavy atom. The number of benzene rings is 2. The largest absolute Gasteiger partial charge is 0.340 e. The maximum Gasteiger partial charge on any atom is 0.183 e. The number of aromatic nitrogens is 1. The van der Waals surface area contributed by atoms with Crippen LogP contribution in [0.1, 0.15) is 10.4 Å². The highest BCUT2D eigenvalue weighted by molar-refractivity contribution is 9.10. The smallest absolute Gasteiger partial charge is 0.183 e. The molecule has 20 heavy (non-hydrogen) atoms. The maximum atomic E-state index is 13.3. The second kappa shape index (κ2) is 5.21. The molecule has 3 aromatic rings. The number of carbonyl (C=O) groups excluding carboxylic acids is 1. The summed E-state index contributed by atoms with van der Waals surface area (Å²) in [4.78, 5) is 12.3. The fourth-order valence-corrected chi connectivity index (χ4v) is 2.73. The topological polar surface area (TPSA) is 22.0 Å². The van der Waals surface area contributed by atoms with E-state index in [0.717, 1.165) is 15.4 Å². The summed E-state index contributed by atoms with van der Waals surface area (Å²) in [5.74, 6) is -0.315. The van der Waals surface area contributed by atoms with Crippen molar-refractivity contribution in [3.8, 4) is 0 Å². The Hall–Kier alpha value is -1.94. The maximum absolute atomic E-state index is 13.3. The first kappa shape index (κ1) is 13.1. The highest BCUT2D eigenvalue weighted by Gasteiger charge is 2.11. The van der Waals surface area contributed by atoms with Gasteiger partial charge in [0.25, 0.3) is 0 Å². The van der Waals surface area contributed by atoms with Gasteiger partial charge in [-0.25, -0.2) is 4.39 Å². The van der Waals surface area contributed by atoms with Crippen LogP contribution < -0.4 is 0 Å². The molecule has 0 radical (unpaired) electrons. The molecule has 100 valence electrons. The lowest BCUT2D eigenvalue weighted by Gasteiger charge is -2.06. The van der Waals surface area contributed by atoms with Crippen LogP contribution in [0.3, 0.4) is 0 Å². The van der Waals surface area contributed by atoms with E-state index in [1.807, 2.05) is 24.3 Å². The van der Waals surface area contributed by atoms with Gasteiger partial charge in [-0.1, -0.05) is 34.1 Å². The number of hydrogen-bond acceptors (Lipinski definition) is 1. The highest BCUT2D eigenvalue weighted by atomic mass is 79.9. The van der Waals surface area contributed by atoms with Crippen molar-refractivity contribution in [2.75, 3.05) is 0 Å². The van der Waals surface area contributed by atoms with Gasteiger partial charge < -0.3 is 4.57 Å². The van der Waals surface area contributed by atoms with Gasteiger partial charge in [0, 0.05) is 16.2 Å². The van der Waals surface area contributed by atoms with Crippen LogP contribution in [0.2, 0.25) is 0 Å². The lowest BCUT2D eigenvalue weighted by molar-refractivity contribution is 0.0973. The van der Waals surface area contributed by atoms with Crippen molar-refractivity contribution in [2.45, 2.75) is 6.54 Å². The van der Waals surface area contributed by atoms with Crippen molar-refractivity contribution in [1.82, 2.24) is 4.57 Å². The summed E-state index contributed by atoms with van der Waals surface area (Å²) in [5.41, 5.74) is 1.36. The van der Waals surface area contributed by atoms with Crippen molar-refractivity contribution in [2.24, 2.45) is 0 Å². The van der Waals surface area contributed by atoms with Gasteiger partial charge in [-0.15, -0.1) is 0 Å². The number of hydrogen-bond donors (Lipinski definition) is 0. The Bertz CT molecular complexity index is 794. The summed E-state index contributed by atoms with van der Waals surface area (Å²) in [6.07, 6.45) is 1.80. The monoisotopic (exact) mass is 331 g/mol. The summed E-state index contributed by atoms with van der Waals surface area (Å²) < 4.78 is 15.8. The zero-order valence-electron chi connectivity index (χ0n) is 10.5. The third kappa shape index (κ3) is 2.39. The molecule has 0 atom stereocenters. The Labute approximate surface area is 124 Å². The van der Waals surface area contributed by atoms with Crippen LogP contribution in [0.4, 0.5) is 4.39 Å². The molecule has 2 nitrogen and oxygen atoms in total. The molecule has 0 amide bonds. The van der Waals surface area contributed by atoms with E-state index in [1.54, 1.807) is 22.9 Å². The van der Waals surface area contributed by atoms with E-state index in [1.165, 1.54) is 12.1 Å². The molecule has 0 aliphatic rings. The molecular formula is C16H11BrFNO. The number of fused-ring (bicyclic) bond motifs is 1. The van der Waals surface area contributed by atoms with E-state index in [9.17, 15) is 9.18 Å². The first-order chi connectivity index (χ1) is 9.65. The van der Waals surface area contributed by atoms with Crippen molar-refractivity contribution >= 4 is 32.6 Å². The molecule has 0 fully saturated rings. The lowest BCUT2D eigenvalue weighted by Crippen LogP contribution is -2.10. The normalized spacial score (nSPS) is 10.9. The Balaban J connectivity index is 1.96. The second-order valence-corrected chi connectivity index (χ2v) is 5.40. The van der Waals surface area contributed by atoms with Gasteiger partial charge in [0.05, 0.1) is 12.1 Å². The minimum absolute atomic E-state index is 0.0146. The van der Waals surface area contributed by atoms with Gasteiger partial charge in [0.15, 0.2) is 5.78 Å². The van der Waals surface area contributed by atoms with Crippen LogP contribution in [-0.2, 0) is 6.54 Å². The van der Waals surface area contributed by atoms with Crippen molar-refractivity contribution in [3.63, 3.8) is 0 Å². The first-order valence-electron chi connectivity index (χ1n) is 6.17. The Morgan fingerprint density at radius 3 is 2.75 bits per heavy atom. The van der Waals surface area contributed by atoms with Gasteiger partial charge >= 0.3 is 0 Å². The van der Waals surface area contributed by atoms with Crippen molar-refractivity contribution in [1.29, 1.82) is 0 Å². The molecule has 0 aliphatic heterocycles. The van der Waals surface area contributed by atoms with E-state index in [4.69, 9.17) is 0 Å². The summed E-state index contributed by atoms with van der Waals surface area (Å²) in [6.45, 7) is 0.190. The average molecular weight is 332 g/mol. The molecule has 2 aromatic carbocycles. The van der Waals surface area contributed by atoms with E-state index >= 15 is 0 Å². The minimum atomic E-state index is -0.300. The van der Waals surface area contributed by atoms with Crippen LogP contribution in [0.5, 0.6) is 0 Å². The number of Topliss-reactive ketones (excluding diaryl/α,β-unsaturated/α-hetero) is 1. The molecule has 0 bridgehead atoms. The zero-order chi connectivity index (χ0) is 14.1. The van der Waals surface area contributed by atoms with Crippen LogP contribution in [0.15, 0.2) is 59.2 Å². The number of nitrogens with zero attached hydrogens (tertiary/aromatic N) is 1. The highest BCUT2D eigenvalue weighted by Crippen LogP contribution is 2.20. The summed E-state index contributed by atoms with van der Waals surface area (Å²) in [6, 6.07) is 13.8. The number of halogens is 2. The van der Waals surface area contributed by atoms with Gasteiger partial charge in [-0.3, -0.25) is 4.79 Å². The molecular weight excluding hydrogens is 321 g/mol. The van der Waals surface area contributed by atoms with E-state index in [-0.39, 0.29) is 18.1 Å². The van der Waals surface area contributed by atoms with E-state index in [2.05, 4.69) is 15.9 Å².